The van der Waals surface area contributed by atoms with E-state index in [9.17, 15) is 26.4 Å². The van der Waals surface area contributed by atoms with Gasteiger partial charge in [-0.05, 0) is 63.8 Å². The topological polar surface area (TPSA) is 79.4 Å². The second kappa shape index (κ2) is 12.1. The van der Waals surface area contributed by atoms with E-state index in [1.54, 1.807) is 0 Å². The molecule has 0 radical (unpaired) electrons. The van der Waals surface area contributed by atoms with E-state index in [1.807, 2.05) is 4.90 Å². The second-order valence-electron chi connectivity index (χ2n) is 9.59. The summed E-state index contributed by atoms with van der Waals surface area (Å²) in [5, 5.41) is 0. The van der Waals surface area contributed by atoms with Crippen LogP contribution in [0.1, 0.15) is 39.5 Å². The summed E-state index contributed by atoms with van der Waals surface area (Å²) in [4.78, 5) is 17.2. The van der Waals surface area contributed by atoms with Gasteiger partial charge in [0.25, 0.3) is 0 Å². The van der Waals surface area contributed by atoms with Crippen LogP contribution in [0.15, 0.2) is 29.2 Å². The molecular weight excluding hydrogens is 499 g/mol. The van der Waals surface area contributed by atoms with Gasteiger partial charge < -0.3 is 14.4 Å². The lowest BCUT2D eigenvalue weighted by Gasteiger charge is -2.40. The van der Waals surface area contributed by atoms with Crippen LogP contribution in [0.25, 0.3) is 0 Å². The molecule has 36 heavy (non-hydrogen) atoms. The van der Waals surface area contributed by atoms with Gasteiger partial charge in [-0.2, -0.15) is 4.31 Å². The molecule has 1 amide bonds. The highest BCUT2D eigenvalue weighted by molar-refractivity contribution is 7.89. The molecule has 12 heteroatoms. The Kier molecular flexibility index (Phi) is 9.64. The highest BCUT2D eigenvalue weighted by Crippen LogP contribution is 2.33. The quantitative estimate of drug-likeness (QED) is 0.483. The van der Waals surface area contributed by atoms with Crippen LogP contribution >= 0.6 is 0 Å². The molecule has 1 saturated heterocycles. The van der Waals surface area contributed by atoms with Crippen molar-refractivity contribution in [1.82, 2.24) is 14.1 Å². The minimum atomic E-state index is -4.86. The van der Waals surface area contributed by atoms with Gasteiger partial charge >= 0.3 is 6.36 Å². The van der Waals surface area contributed by atoms with Crippen molar-refractivity contribution in [2.45, 2.75) is 62.9 Å². The zero-order valence-corrected chi connectivity index (χ0v) is 21.9. The maximum absolute atomic E-state index is 13.4. The van der Waals surface area contributed by atoms with Crippen LogP contribution in [0.5, 0.6) is 5.75 Å². The van der Waals surface area contributed by atoms with Crippen molar-refractivity contribution < 1.29 is 35.9 Å². The number of carbonyl (C=O) groups is 1. The molecule has 0 aromatic heterocycles. The first-order chi connectivity index (χ1) is 16.9. The minimum Gasteiger partial charge on any atom is -0.406 e. The van der Waals surface area contributed by atoms with E-state index in [1.165, 1.54) is 11.4 Å². The number of rotatable bonds is 9. The monoisotopic (exact) mass is 535 g/mol. The standard InChI is InChI=1S/C24H36F3N3O5S/c1-18(2)28-12-14-29(15-13-28)23(31)19-4-6-20(7-5-19)30(16-17-34-3)36(32,33)22-10-8-21(9-11-22)35-24(25,26)27/h8-11,18-20H,4-7,12-17H2,1-3H3/t19-,20-. The van der Waals surface area contributed by atoms with Crippen LogP contribution in [-0.2, 0) is 19.6 Å². The molecule has 0 bridgehead atoms. The van der Waals surface area contributed by atoms with Crippen LogP contribution in [-0.4, -0.2) is 93.3 Å². The van der Waals surface area contributed by atoms with Crippen LogP contribution in [0.4, 0.5) is 13.2 Å². The zero-order chi connectivity index (χ0) is 26.5. The molecule has 0 unspecified atom stereocenters. The van der Waals surface area contributed by atoms with Gasteiger partial charge in [-0.25, -0.2) is 8.42 Å². The molecule has 2 fully saturated rings. The molecule has 0 N–H and O–H groups in total. The van der Waals surface area contributed by atoms with Gasteiger partial charge in [-0.3, -0.25) is 9.69 Å². The van der Waals surface area contributed by atoms with Crippen molar-refractivity contribution in [3.63, 3.8) is 0 Å². The molecule has 0 atom stereocenters. The molecule has 1 aromatic rings. The molecule has 204 valence electrons. The molecule has 8 nitrogen and oxygen atoms in total. The van der Waals surface area contributed by atoms with Gasteiger partial charge in [-0.1, -0.05) is 0 Å². The number of piperazine rings is 1. The number of halogens is 3. The number of ether oxygens (including phenoxy) is 2. The fourth-order valence-electron chi connectivity index (χ4n) is 4.96. The third kappa shape index (κ3) is 7.33. The van der Waals surface area contributed by atoms with Crippen molar-refractivity contribution in [2.75, 3.05) is 46.4 Å². The fourth-order valence-corrected chi connectivity index (χ4v) is 6.63. The Labute approximate surface area is 211 Å². The first-order valence-electron chi connectivity index (χ1n) is 12.3. The SMILES string of the molecule is COCCN([C@H]1CC[C@H](C(=O)N2CCN(C(C)C)CC2)CC1)S(=O)(=O)c1ccc(OC(F)(F)F)cc1. The van der Waals surface area contributed by atoms with Crippen LogP contribution < -0.4 is 4.74 Å². The third-order valence-electron chi connectivity index (χ3n) is 6.99. The average molecular weight is 536 g/mol. The lowest BCUT2D eigenvalue weighted by atomic mass is 9.85. The van der Waals surface area contributed by atoms with E-state index >= 15 is 0 Å². The minimum absolute atomic E-state index is 0.111. The Morgan fingerprint density at radius 2 is 1.64 bits per heavy atom. The highest BCUT2D eigenvalue weighted by Gasteiger charge is 2.37. The molecule has 1 saturated carbocycles. The Morgan fingerprint density at radius 1 is 1.06 bits per heavy atom. The molecule has 1 aromatic carbocycles. The maximum Gasteiger partial charge on any atom is 0.573 e. The average Bonchev–Trinajstić information content (AvgIpc) is 2.83. The number of amides is 1. The summed E-state index contributed by atoms with van der Waals surface area (Å²) in [5.41, 5.74) is 0. The lowest BCUT2D eigenvalue weighted by Crippen LogP contribution is -2.52. The summed E-state index contributed by atoms with van der Waals surface area (Å²) >= 11 is 0. The van der Waals surface area contributed by atoms with E-state index in [2.05, 4.69) is 23.5 Å². The number of hydrogen-bond donors (Lipinski definition) is 0. The van der Waals surface area contributed by atoms with Crippen molar-refractivity contribution in [3.05, 3.63) is 24.3 Å². The third-order valence-corrected chi connectivity index (χ3v) is 8.96. The fraction of sp³-hybridized carbons (Fsp3) is 0.708. The molecule has 0 spiro atoms. The largest absolute Gasteiger partial charge is 0.573 e. The Morgan fingerprint density at radius 3 is 2.14 bits per heavy atom. The summed E-state index contributed by atoms with van der Waals surface area (Å²) in [7, 11) is -2.52. The van der Waals surface area contributed by atoms with Gasteiger partial charge in [0.05, 0.1) is 11.5 Å². The number of nitrogens with zero attached hydrogens (tertiary/aromatic N) is 3. The van der Waals surface area contributed by atoms with Crippen molar-refractivity contribution in [1.29, 1.82) is 0 Å². The summed E-state index contributed by atoms with van der Waals surface area (Å²) in [6.07, 6.45) is -2.62. The molecule has 1 aliphatic carbocycles. The maximum atomic E-state index is 13.4. The highest BCUT2D eigenvalue weighted by atomic mass is 32.2. The van der Waals surface area contributed by atoms with Gasteiger partial charge in [0, 0.05) is 57.8 Å². The smallest absolute Gasteiger partial charge is 0.406 e. The van der Waals surface area contributed by atoms with Crippen LogP contribution in [0, 0.1) is 5.92 Å². The summed E-state index contributed by atoms with van der Waals surface area (Å²) in [6, 6.07) is 4.33. The number of sulfonamides is 1. The number of methoxy groups -OCH3 is 1. The predicted molar refractivity (Wildman–Crippen MR) is 128 cm³/mol. The second-order valence-corrected chi connectivity index (χ2v) is 11.5. The summed E-state index contributed by atoms with van der Waals surface area (Å²) < 4.78 is 74.5. The Balaban J connectivity index is 1.64. The predicted octanol–water partition coefficient (Wildman–Crippen LogP) is 3.33. The van der Waals surface area contributed by atoms with E-state index in [-0.39, 0.29) is 35.9 Å². The lowest BCUT2D eigenvalue weighted by molar-refractivity contribution is -0.274. The van der Waals surface area contributed by atoms with Crippen molar-refractivity contribution in [3.8, 4) is 5.75 Å². The van der Waals surface area contributed by atoms with Gasteiger partial charge in [0.15, 0.2) is 0 Å². The molecule has 1 heterocycles. The zero-order valence-electron chi connectivity index (χ0n) is 21.0. The van der Waals surface area contributed by atoms with Crippen molar-refractivity contribution in [2.24, 2.45) is 5.92 Å². The van der Waals surface area contributed by atoms with Gasteiger partial charge in [0.1, 0.15) is 5.75 Å². The molecule has 2 aliphatic rings. The first kappa shape index (κ1) is 28.7. The summed E-state index contributed by atoms with van der Waals surface area (Å²) in [6.45, 7) is 7.70. The first-order valence-corrected chi connectivity index (χ1v) is 13.8. The Bertz CT molecular complexity index is 956. The Hall–Kier alpha value is -1.89. The van der Waals surface area contributed by atoms with Gasteiger partial charge in [0.2, 0.25) is 15.9 Å². The number of benzene rings is 1. The number of carbonyl (C=O) groups excluding carboxylic acids is 1. The van der Waals surface area contributed by atoms with Crippen molar-refractivity contribution >= 4 is 15.9 Å². The summed E-state index contributed by atoms with van der Waals surface area (Å²) in [5.74, 6) is -0.473. The number of hydrogen-bond acceptors (Lipinski definition) is 6. The van der Waals surface area contributed by atoms with E-state index in [0.717, 1.165) is 37.4 Å². The molecule has 1 aliphatic heterocycles. The van der Waals surface area contributed by atoms with Crippen LogP contribution in [0.3, 0.4) is 0 Å². The normalized spacial score (nSPS) is 22.3. The molecule has 3 rings (SSSR count). The number of alkyl halides is 3. The van der Waals surface area contributed by atoms with Gasteiger partial charge in [-0.15, -0.1) is 13.2 Å². The van der Waals surface area contributed by atoms with Crippen LogP contribution in [0.2, 0.25) is 0 Å². The van der Waals surface area contributed by atoms with E-state index in [0.29, 0.717) is 44.8 Å². The molecular formula is C24H36F3N3O5S. The van der Waals surface area contributed by atoms with E-state index in [4.69, 9.17) is 4.74 Å². The van der Waals surface area contributed by atoms with E-state index < -0.39 is 22.1 Å².